The second-order valence-corrected chi connectivity index (χ2v) is 6.02. The fraction of sp³-hybridized carbons (Fsp3) is 0.500. The molecular formula is C16H20ClNO2. The molecule has 3 unspecified atom stereocenters. The normalized spacial score (nSPS) is 24.4. The SMILES string of the molecule is CCCC(C)C1CC(=O)NC(=O)C1c1cccc(Cl)c1. The lowest BCUT2D eigenvalue weighted by molar-refractivity contribution is -0.137. The number of benzene rings is 1. The number of piperidine rings is 1. The molecule has 2 amide bonds. The summed E-state index contributed by atoms with van der Waals surface area (Å²) in [6, 6.07) is 7.38. The first kappa shape index (κ1) is 15.0. The molecule has 1 fully saturated rings. The molecule has 1 saturated heterocycles. The average Bonchev–Trinajstić information content (AvgIpc) is 2.38. The predicted molar refractivity (Wildman–Crippen MR) is 79.5 cm³/mol. The molecule has 0 spiro atoms. The molecule has 108 valence electrons. The minimum Gasteiger partial charge on any atom is -0.296 e. The number of amides is 2. The zero-order valence-corrected chi connectivity index (χ0v) is 12.6. The van der Waals surface area contributed by atoms with Crippen molar-refractivity contribution in [2.24, 2.45) is 11.8 Å². The number of nitrogens with one attached hydrogen (secondary N) is 1. The minimum absolute atomic E-state index is 0.0506. The summed E-state index contributed by atoms with van der Waals surface area (Å²) in [5.74, 6) is -0.265. The molecule has 20 heavy (non-hydrogen) atoms. The van der Waals surface area contributed by atoms with E-state index >= 15 is 0 Å². The topological polar surface area (TPSA) is 46.2 Å². The van der Waals surface area contributed by atoms with Crippen molar-refractivity contribution in [1.82, 2.24) is 5.32 Å². The Hall–Kier alpha value is -1.35. The van der Waals surface area contributed by atoms with Gasteiger partial charge >= 0.3 is 0 Å². The number of imide groups is 1. The molecule has 3 atom stereocenters. The molecule has 0 aromatic heterocycles. The van der Waals surface area contributed by atoms with Crippen LogP contribution in [0, 0.1) is 11.8 Å². The van der Waals surface area contributed by atoms with E-state index in [-0.39, 0.29) is 23.7 Å². The van der Waals surface area contributed by atoms with E-state index in [1.165, 1.54) is 0 Å². The van der Waals surface area contributed by atoms with Crippen LogP contribution in [0.15, 0.2) is 24.3 Å². The van der Waals surface area contributed by atoms with Crippen molar-refractivity contribution in [3.8, 4) is 0 Å². The third kappa shape index (κ3) is 3.21. The number of carbonyl (C=O) groups excluding carboxylic acids is 2. The van der Waals surface area contributed by atoms with Crippen LogP contribution in [-0.4, -0.2) is 11.8 Å². The van der Waals surface area contributed by atoms with Crippen LogP contribution in [-0.2, 0) is 9.59 Å². The zero-order valence-electron chi connectivity index (χ0n) is 11.9. The first-order chi connectivity index (χ1) is 9.52. The van der Waals surface area contributed by atoms with Gasteiger partial charge in [-0.25, -0.2) is 0 Å². The van der Waals surface area contributed by atoms with Gasteiger partial charge in [0.1, 0.15) is 0 Å². The molecule has 1 aliphatic rings. The summed E-state index contributed by atoms with van der Waals surface area (Å²) in [6.45, 7) is 4.24. The van der Waals surface area contributed by atoms with E-state index in [1.807, 2.05) is 18.2 Å². The van der Waals surface area contributed by atoms with E-state index in [2.05, 4.69) is 19.2 Å². The molecule has 1 aromatic rings. The van der Waals surface area contributed by atoms with Crippen molar-refractivity contribution in [2.45, 2.75) is 39.0 Å². The number of hydrogen-bond acceptors (Lipinski definition) is 2. The molecule has 1 aromatic carbocycles. The summed E-state index contributed by atoms with van der Waals surface area (Å²) in [6.07, 6.45) is 2.47. The largest absolute Gasteiger partial charge is 0.296 e. The lowest BCUT2D eigenvalue weighted by Gasteiger charge is -2.34. The number of rotatable bonds is 4. The van der Waals surface area contributed by atoms with Gasteiger partial charge < -0.3 is 0 Å². The van der Waals surface area contributed by atoms with Gasteiger partial charge in [-0.15, -0.1) is 0 Å². The van der Waals surface area contributed by atoms with Gasteiger partial charge in [-0.1, -0.05) is 50.4 Å². The fourth-order valence-corrected chi connectivity index (χ4v) is 3.29. The van der Waals surface area contributed by atoms with Gasteiger partial charge in [-0.05, 0) is 29.5 Å². The van der Waals surface area contributed by atoms with Crippen molar-refractivity contribution >= 4 is 23.4 Å². The molecule has 2 rings (SSSR count). The van der Waals surface area contributed by atoms with Crippen molar-refractivity contribution < 1.29 is 9.59 Å². The summed E-state index contributed by atoms with van der Waals surface area (Å²) in [4.78, 5) is 23.9. The van der Waals surface area contributed by atoms with Crippen LogP contribution in [0.4, 0.5) is 0 Å². The molecule has 1 heterocycles. The van der Waals surface area contributed by atoms with Crippen LogP contribution in [0.1, 0.15) is 44.6 Å². The minimum atomic E-state index is -0.284. The lowest BCUT2D eigenvalue weighted by atomic mass is 9.73. The van der Waals surface area contributed by atoms with Crippen LogP contribution in [0.25, 0.3) is 0 Å². The molecule has 0 saturated carbocycles. The van der Waals surface area contributed by atoms with Crippen LogP contribution in [0.2, 0.25) is 5.02 Å². The summed E-state index contributed by atoms with van der Waals surface area (Å²) in [5.41, 5.74) is 0.899. The van der Waals surface area contributed by atoms with Gasteiger partial charge in [-0.3, -0.25) is 14.9 Å². The quantitative estimate of drug-likeness (QED) is 0.863. The predicted octanol–water partition coefficient (Wildman–Crippen LogP) is 3.52. The smallest absolute Gasteiger partial charge is 0.234 e. The van der Waals surface area contributed by atoms with Crippen LogP contribution in [0.5, 0.6) is 0 Å². The van der Waals surface area contributed by atoms with Crippen molar-refractivity contribution in [1.29, 1.82) is 0 Å². The van der Waals surface area contributed by atoms with Crippen molar-refractivity contribution in [3.05, 3.63) is 34.9 Å². The molecule has 1 aliphatic heterocycles. The molecule has 4 heteroatoms. The van der Waals surface area contributed by atoms with Gasteiger partial charge in [0.05, 0.1) is 5.92 Å². The Balaban J connectivity index is 2.34. The van der Waals surface area contributed by atoms with Crippen LogP contribution < -0.4 is 5.32 Å². The van der Waals surface area contributed by atoms with E-state index in [0.717, 1.165) is 18.4 Å². The van der Waals surface area contributed by atoms with E-state index < -0.39 is 0 Å². The van der Waals surface area contributed by atoms with Crippen molar-refractivity contribution in [2.75, 3.05) is 0 Å². The summed E-state index contributed by atoms with van der Waals surface area (Å²) in [7, 11) is 0. The molecular weight excluding hydrogens is 274 g/mol. The molecule has 0 bridgehead atoms. The van der Waals surface area contributed by atoms with Crippen molar-refractivity contribution in [3.63, 3.8) is 0 Å². The van der Waals surface area contributed by atoms with Gasteiger partial charge in [0.2, 0.25) is 11.8 Å². The maximum Gasteiger partial charge on any atom is 0.234 e. The Kier molecular flexibility index (Phi) is 4.81. The number of hydrogen-bond donors (Lipinski definition) is 1. The molecule has 0 aliphatic carbocycles. The third-order valence-electron chi connectivity index (χ3n) is 4.08. The molecule has 1 N–H and O–H groups in total. The van der Waals surface area contributed by atoms with Crippen LogP contribution >= 0.6 is 11.6 Å². The van der Waals surface area contributed by atoms with E-state index in [1.54, 1.807) is 6.07 Å². The maximum absolute atomic E-state index is 12.3. The maximum atomic E-state index is 12.3. The highest BCUT2D eigenvalue weighted by atomic mass is 35.5. The molecule has 0 radical (unpaired) electrons. The fourth-order valence-electron chi connectivity index (χ4n) is 3.09. The van der Waals surface area contributed by atoms with Gasteiger partial charge in [0.15, 0.2) is 0 Å². The van der Waals surface area contributed by atoms with E-state index in [0.29, 0.717) is 17.4 Å². The second kappa shape index (κ2) is 6.40. The van der Waals surface area contributed by atoms with Gasteiger partial charge in [-0.2, -0.15) is 0 Å². The number of carbonyl (C=O) groups is 2. The Labute approximate surface area is 124 Å². The number of halogens is 1. The second-order valence-electron chi connectivity index (χ2n) is 5.58. The van der Waals surface area contributed by atoms with E-state index in [9.17, 15) is 9.59 Å². The summed E-state index contributed by atoms with van der Waals surface area (Å²) in [5, 5.41) is 3.07. The average molecular weight is 294 g/mol. The lowest BCUT2D eigenvalue weighted by Crippen LogP contribution is -2.46. The standard InChI is InChI=1S/C16H20ClNO2/c1-3-5-10(2)13-9-14(19)18-16(20)15(13)11-6-4-7-12(17)8-11/h4,6-8,10,13,15H,3,5,9H2,1-2H3,(H,18,19,20). The first-order valence-electron chi connectivity index (χ1n) is 7.12. The summed E-state index contributed by atoms with van der Waals surface area (Å²) >= 11 is 6.03. The Morgan fingerprint density at radius 1 is 1.40 bits per heavy atom. The Morgan fingerprint density at radius 2 is 2.15 bits per heavy atom. The highest BCUT2D eigenvalue weighted by Gasteiger charge is 2.39. The van der Waals surface area contributed by atoms with Crippen LogP contribution in [0.3, 0.4) is 0 Å². The third-order valence-corrected chi connectivity index (χ3v) is 4.31. The Morgan fingerprint density at radius 3 is 2.80 bits per heavy atom. The van der Waals surface area contributed by atoms with E-state index in [4.69, 9.17) is 11.6 Å². The highest BCUT2D eigenvalue weighted by Crippen LogP contribution is 2.38. The Bertz CT molecular complexity index is 515. The molecule has 3 nitrogen and oxygen atoms in total. The van der Waals surface area contributed by atoms with Gasteiger partial charge in [0.25, 0.3) is 0 Å². The highest BCUT2D eigenvalue weighted by molar-refractivity contribution is 6.30. The monoisotopic (exact) mass is 293 g/mol. The first-order valence-corrected chi connectivity index (χ1v) is 7.50. The van der Waals surface area contributed by atoms with Gasteiger partial charge in [0, 0.05) is 11.4 Å². The zero-order chi connectivity index (χ0) is 14.7. The summed E-state index contributed by atoms with van der Waals surface area (Å²) < 4.78 is 0.